The highest BCUT2D eigenvalue weighted by molar-refractivity contribution is 5.63. The molecule has 0 spiro atoms. The van der Waals surface area contributed by atoms with Crippen molar-refractivity contribution in [2.24, 2.45) is 0 Å². The summed E-state index contributed by atoms with van der Waals surface area (Å²) in [6, 6.07) is 5.64. The van der Waals surface area contributed by atoms with Crippen molar-refractivity contribution in [3.05, 3.63) is 30.6 Å². The maximum atomic E-state index is 8.80. The monoisotopic (exact) mass is 245 g/mol. The molecule has 94 valence electrons. The summed E-state index contributed by atoms with van der Waals surface area (Å²) >= 11 is 0. The van der Waals surface area contributed by atoms with Gasteiger partial charge in [0.25, 0.3) is 0 Å². The Morgan fingerprint density at radius 2 is 2.22 bits per heavy atom. The Labute approximate surface area is 105 Å². The summed E-state index contributed by atoms with van der Waals surface area (Å²) < 4.78 is 0. The second-order valence-corrected chi connectivity index (χ2v) is 3.60. The number of anilines is 2. The third-order valence-electron chi connectivity index (χ3n) is 2.33. The highest BCUT2D eigenvalue weighted by Crippen LogP contribution is 2.20. The van der Waals surface area contributed by atoms with Crippen LogP contribution in [0.2, 0.25) is 0 Å². The lowest BCUT2D eigenvalue weighted by Crippen LogP contribution is -2.10. The topological polar surface area (TPSA) is 83.0 Å². The molecule has 2 heterocycles. The van der Waals surface area contributed by atoms with E-state index in [9.17, 15) is 0 Å². The average Bonchev–Trinajstić information content (AvgIpc) is 2.45. The Bertz CT molecular complexity index is 503. The lowest BCUT2D eigenvalue weighted by atomic mass is 10.2. The van der Waals surface area contributed by atoms with Gasteiger partial charge >= 0.3 is 0 Å². The molecule has 2 rings (SSSR count). The molecule has 0 saturated carbocycles. The largest absolute Gasteiger partial charge is 0.395 e. The van der Waals surface area contributed by atoms with Gasteiger partial charge in [0.15, 0.2) is 0 Å². The third-order valence-corrected chi connectivity index (χ3v) is 2.33. The number of aliphatic hydroxyl groups is 1. The number of aliphatic hydroxyl groups excluding tert-OH is 1. The van der Waals surface area contributed by atoms with Crippen molar-refractivity contribution in [1.29, 1.82) is 0 Å². The molecular formula is C12H15N5O. The van der Waals surface area contributed by atoms with Gasteiger partial charge in [0.1, 0.15) is 5.82 Å². The van der Waals surface area contributed by atoms with E-state index in [1.807, 2.05) is 18.2 Å². The van der Waals surface area contributed by atoms with E-state index in [1.54, 1.807) is 19.4 Å². The molecule has 6 heteroatoms. The maximum Gasteiger partial charge on any atom is 0.225 e. The Balaban J connectivity index is 2.35. The van der Waals surface area contributed by atoms with Crippen LogP contribution in [0.25, 0.3) is 11.3 Å². The molecular weight excluding hydrogens is 230 g/mol. The fraction of sp³-hybridized carbons (Fsp3) is 0.250. The summed E-state index contributed by atoms with van der Waals surface area (Å²) in [5, 5.41) is 14.7. The van der Waals surface area contributed by atoms with Crippen LogP contribution in [0.3, 0.4) is 0 Å². The van der Waals surface area contributed by atoms with Gasteiger partial charge in [-0.1, -0.05) is 0 Å². The van der Waals surface area contributed by atoms with Crippen molar-refractivity contribution in [2.75, 3.05) is 30.8 Å². The van der Waals surface area contributed by atoms with Crippen LogP contribution in [-0.2, 0) is 0 Å². The Hall–Kier alpha value is -2.21. The fourth-order valence-corrected chi connectivity index (χ4v) is 1.48. The van der Waals surface area contributed by atoms with Crippen LogP contribution in [-0.4, -0.2) is 40.3 Å². The van der Waals surface area contributed by atoms with Crippen molar-refractivity contribution in [3.8, 4) is 11.3 Å². The molecule has 0 aromatic carbocycles. The lowest BCUT2D eigenvalue weighted by Gasteiger charge is -2.08. The first-order valence-electron chi connectivity index (χ1n) is 5.65. The van der Waals surface area contributed by atoms with E-state index < -0.39 is 0 Å². The zero-order valence-corrected chi connectivity index (χ0v) is 10.1. The van der Waals surface area contributed by atoms with Crippen LogP contribution >= 0.6 is 0 Å². The smallest absolute Gasteiger partial charge is 0.225 e. The van der Waals surface area contributed by atoms with Crippen molar-refractivity contribution >= 4 is 11.8 Å². The van der Waals surface area contributed by atoms with E-state index in [2.05, 4.69) is 25.6 Å². The molecule has 0 aliphatic heterocycles. The van der Waals surface area contributed by atoms with E-state index in [1.165, 1.54) is 0 Å². The minimum atomic E-state index is 0.0371. The predicted molar refractivity (Wildman–Crippen MR) is 70.4 cm³/mol. The van der Waals surface area contributed by atoms with Crippen LogP contribution in [0.4, 0.5) is 11.8 Å². The number of rotatable bonds is 5. The standard InChI is InChI=1S/C12H15N5O/c1-13-11-7-10(9-3-2-4-14-8-9)16-12(17-11)15-5-6-18/h2-4,7-8,18H,5-6H2,1H3,(H2,13,15,16,17). The van der Waals surface area contributed by atoms with Crippen molar-refractivity contribution in [3.63, 3.8) is 0 Å². The lowest BCUT2D eigenvalue weighted by molar-refractivity contribution is 0.311. The van der Waals surface area contributed by atoms with Crippen LogP contribution in [0.15, 0.2) is 30.6 Å². The van der Waals surface area contributed by atoms with Gasteiger partial charge in [0.2, 0.25) is 5.95 Å². The van der Waals surface area contributed by atoms with Gasteiger partial charge in [-0.2, -0.15) is 4.98 Å². The van der Waals surface area contributed by atoms with Crippen LogP contribution in [0.5, 0.6) is 0 Å². The molecule has 0 radical (unpaired) electrons. The van der Waals surface area contributed by atoms with Crippen molar-refractivity contribution < 1.29 is 5.11 Å². The zero-order valence-electron chi connectivity index (χ0n) is 10.1. The van der Waals surface area contributed by atoms with Gasteiger partial charge in [-0.25, -0.2) is 4.98 Å². The van der Waals surface area contributed by atoms with Crippen LogP contribution < -0.4 is 10.6 Å². The van der Waals surface area contributed by atoms with E-state index >= 15 is 0 Å². The van der Waals surface area contributed by atoms with Gasteiger partial charge in [-0.05, 0) is 12.1 Å². The molecule has 6 nitrogen and oxygen atoms in total. The first-order chi connectivity index (χ1) is 8.83. The van der Waals surface area contributed by atoms with Crippen LogP contribution in [0.1, 0.15) is 0 Å². The maximum absolute atomic E-state index is 8.80. The number of nitrogens with zero attached hydrogens (tertiary/aromatic N) is 3. The summed E-state index contributed by atoms with van der Waals surface area (Å²) in [5.74, 6) is 1.19. The number of nitrogens with one attached hydrogen (secondary N) is 2. The number of aromatic nitrogens is 3. The van der Waals surface area contributed by atoms with Crippen molar-refractivity contribution in [1.82, 2.24) is 15.0 Å². The van der Waals surface area contributed by atoms with E-state index in [0.29, 0.717) is 18.3 Å². The van der Waals surface area contributed by atoms with E-state index in [4.69, 9.17) is 5.11 Å². The summed E-state index contributed by atoms with van der Waals surface area (Å²) in [7, 11) is 1.80. The fourth-order valence-electron chi connectivity index (χ4n) is 1.48. The number of hydrogen-bond donors (Lipinski definition) is 3. The second kappa shape index (κ2) is 5.92. The molecule has 2 aromatic heterocycles. The minimum Gasteiger partial charge on any atom is -0.395 e. The molecule has 0 amide bonds. The SMILES string of the molecule is CNc1cc(-c2cccnc2)nc(NCCO)n1. The molecule has 0 unspecified atom stereocenters. The highest BCUT2D eigenvalue weighted by Gasteiger charge is 2.05. The highest BCUT2D eigenvalue weighted by atomic mass is 16.3. The summed E-state index contributed by atoms with van der Waals surface area (Å²) in [4.78, 5) is 12.7. The quantitative estimate of drug-likeness (QED) is 0.728. The van der Waals surface area contributed by atoms with Gasteiger partial charge in [-0.15, -0.1) is 0 Å². The van der Waals surface area contributed by atoms with Gasteiger partial charge in [0.05, 0.1) is 12.3 Å². The van der Waals surface area contributed by atoms with Gasteiger partial charge in [-0.3, -0.25) is 4.98 Å². The average molecular weight is 245 g/mol. The normalized spacial score (nSPS) is 10.1. The van der Waals surface area contributed by atoms with Gasteiger partial charge < -0.3 is 15.7 Å². The Kier molecular flexibility index (Phi) is 4.03. The first-order valence-corrected chi connectivity index (χ1v) is 5.65. The van der Waals surface area contributed by atoms with E-state index in [0.717, 1.165) is 11.3 Å². The molecule has 2 aromatic rings. The minimum absolute atomic E-state index is 0.0371. The Morgan fingerprint density at radius 1 is 1.33 bits per heavy atom. The Morgan fingerprint density at radius 3 is 2.89 bits per heavy atom. The molecule has 0 atom stereocenters. The molecule has 0 bridgehead atoms. The number of pyridine rings is 1. The van der Waals surface area contributed by atoms with Gasteiger partial charge in [0, 0.05) is 37.6 Å². The predicted octanol–water partition coefficient (Wildman–Crippen LogP) is 0.984. The first kappa shape index (κ1) is 12.3. The second-order valence-electron chi connectivity index (χ2n) is 3.60. The van der Waals surface area contributed by atoms with Crippen LogP contribution in [0, 0.1) is 0 Å². The molecule has 0 aliphatic rings. The summed E-state index contributed by atoms with van der Waals surface area (Å²) in [6.45, 7) is 0.453. The number of hydrogen-bond acceptors (Lipinski definition) is 6. The molecule has 0 fully saturated rings. The summed E-state index contributed by atoms with van der Waals surface area (Å²) in [5.41, 5.74) is 1.70. The molecule has 0 aliphatic carbocycles. The molecule has 18 heavy (non-hydrogen) atoms. The molecule has 3 N–H and O–H groups in total. The van der Waals surface area contributed by atoms with Crippen molar-refractivity contribution in [2.45, 2.75) is 0 Å². The summed E-state index contributed by atoms with van der Waals surface area (Å²) in [6.07, 6.45) is 3.46. The third kappa shape index (κ3) is 2.92. The van der Waals surface area contributed by atoms with E-state index in [-0.39, 0.29) is 6.61 Å². The zero-order chi connectivity index (χ0) is 12.8. The molecule has 0 saturated heterocycles.